The van der Waals surface area contributed by atoms with Crippen molar-refractivity contribution in [1.29, 1.82) is 0 Å². The van der Waals surface area contributed by atoms with E-state index in [1.165, 1.54) is 0 Å². The maximum atomic E-state index is 10.7. The van der Waals surface area contributed by atoms with Gasteiger partial charge in [-0.15, -0.1) is 0 Å². The van der Waals surface area contributed by atoms with Gasteiger partial charge in [0.05, 0.1) is 14.3 Å². The first-order valence-corrected chi connectivity index (χ1v) is 6.05. The SMILES string of the molecule is CC(C)(Cc1nccc(Cl)c1I)OC(N)=O. The molecule has 1 amide bonds. The minimum absolute atomic E-state index is 0.467. The van der Waals surface area contributed by atoms with Crippen LogP contribution in [0.25, 0.3) is 0 Å². The van der Waals surface area contributed by atoms with Crippen molar-refractivity contribution >= 4 is 40.3 Å². The molecule has 0 atom stereocenters. The predicted molar refractivity (Wildman–Crippen MR) is 70.4 cm³/mol. The molecule has 0 aliphatic heterocycles. The van der Waals surface area contributed by atoms with Crippen molar-refractivity contribution in [3.63, 3.8) is 0 Å². The highest BCUT2D eigenvalue weighted by molar-refractivity contribution is 14.1. The minimum atomic E-state index is -0.790. The van der Waals surface area contributed by atoms with E-state index < -0.39 is 11.7 Å². The Morgan fingerprint density at radius 3 is 2.88 bits per heavy atom. The Bertz CT molecular complexity index is 410. The fraction of sp³-hybridized carbons (Fsp3) is 0.400. The second-order valence-corrected chi connectivity index (χ2v) is 5.40. The van der Waals surface area contributed by atoms with E-state index in [-0.39, 0.29) is 0 Å². The van der Waals surface area contributed by atoms with E-state index in [0.29, 0.717) is 11.4 Å². The van der Waals surface area contributed by atoms with Crippen LogP contribution in [-0.4, -0.2) is 16.7 Å². The predicted octanol–water partition coefficient (Wildman–Crippen LogP) is 2.76. The number of amides is 1. The van der Waals surface area contributed by atoms with Crippen LogP contribution in [0, 0.1) is 3.57 Å². The summed E-state index contributed by atoms with van der Waals surface area (Å²) >= 11 is 8.08. The first-order valence-electron chi connectivity index (χ1n) is 4.59. The van der Waals surface area contributed by atoms with Crippen molar-refractivity contribution in [2.75, 3.05) is 0 Å². The number of ether oxygens (including phenoxy) is 1. The van der Waals surface area contributed by atoms with E-state index in [2.05, 4.69) is 27.6 Å². The molecule has 88 valence electrons. The number of hydrogen-bond donors (Lipinski definition) is 1. The van der Waals surface area contributed by atoms with Crippen molar-refractivity contribution in [2.45, 2.75) is 25.9 Å². The van der Waals surface area contributed by atoms with E-state index in [9.17, 15) is 4.79 Å². The van der Waals surface area contributed by atoms with E-state index in [1.807, 2.05) is 0 Å². The summed E-state index contributed by atoms with van der Waals surface area (Å²) < 4.78 is 5.85. The summed E-state index contributed by atoms with van der Waals surface area (Å²) in [6.45, 7) is 3.55. The van der Waals surface area contributed by atoms with Gasteiger partial charge in [0.2, 0.25) is 0 Å². The molecule has 0 radical (unpaired) electrons. The van der Waals surface area contributed by atoms with Crippen molar-refractivity contribution in [3.8, 4) is 0 Å². The molecule has 0 unspecified atom stereocenters. The van der Waals surface area contributed by atoms with Crippen molar-refractivity contribution in [2.24, 2.45) is 5.73 Å². The highest BCUT2D eigenvalue weighted by atomic mass is 127. The Kier molecular flexibility index (Phi) is 4.37. The number of pyridine rings is 1. The average molecular weight is 355 g/mol. The lowest BCUT2D eigenvalue weighted by Gasteiger charge is -2.24. The molecule has 0 spiro atoms. The van der Waals surface area contributed by atoms with Crippen LogP contribution < -0.4 is 5.73 Å². The number of carbonyl (C=O) groups is 1. The zero-order chi connectivity index (χ0) is 12.3. The second-order valence-electron chi connectivity index (χ2n) is 3.91. The molecule has 0 aromatic carbocycles. The number of rotatable bonds is 3. The average Bonchev–Trinajstić information content (AvgIpc) is 2.10. The van der Waals surface area contributed by atoms with Gasteiger partial charge in [0.25, 0.3) is 0 Å². The van der Waals surface area contributed by atoms with E-state index in [0.717, 1.165) is 9.26 Å². The first kappa shape index (κ1) is 13.5. The van der Waals surface area contributed by atoms with Crippen LogP contribution in [-0.2, 0) is 11.2 Å². The van der Waals surface area contributed by atoms with Crippen molar-refractivity contribution in [1.82, 2.24) is 4.98 Å². The lowest BCUT2D eigenvalue weighted by atomic mass is 10.0. The van der Waals surface area contributed by atoms with E-state index >= 15 is 0 Å². The van der Waals surface area contributed by atoms with Crippen LogP contribution in [0.15, 0.2) is 12.3 Å². The third-order valence-corrected chi connectivity index (χ3v) is 3.72. The van der Waals surface area contributed by atoms with Gasteiger partial charge >= 0.3 is 6.09 Å². The summed E-state index contributed by atoms with van der Waals surface area (Å²) in [4.78, 5) is 14.9. The van der Waals surface area contributed by atoms with Crippen molar-refractivity contribution in [3.05, 3.63) is 26.5 Å². The Labute approximate surface area is 113 Å². The number of nitrogens with zero attached hydrogens (tertiary/aromatic N) is 1. The van der Waals surface area contributed by atoms with Gasteiger partial charge in [-0.25, -0.2) is 4.79 Å². The Hall–Kier alpha value is -0.560. The molecule has 0 aliphatic rings. The molecule has 2 N–H and O–H groups in total. The van der Waals surface area contributed by atoms with Gasteiger partial charge in [-0.2, -0.15) is 0 Å². The maximum absolute atomic E-state index is 10.7. The van der Waals surface area contributed by atoms with Gasteiger partial charge in [-0.3, -0.25) is 4.98 Å². The molecule has 1 aromatic heterocycles. The third-order valence-electron chi connectivity index (χ3n) is 1.88. The van der Waals surface area contributed by atoms with Gasteiger partial charge in [0.15, 0.2) is 0 Å². The quantitative estimate of drug-likeness (QED) is 0.849. The zero-order valence-electron chi connectivity index (χ0n) is 8.96. The largest absolute Gasteiger partial charge is 0.443 e. The lowest BCUT2D eigenvalue weighted by molar-refractivity contribution is 0.0452. The molecular weight excluding hydrogens is 342 g/mol. The van der Waals surface area contributed by atoms with Gasteiger partial charge < -0.3 is 10.5 Å². The van der Waals surface area contributed by atoms with Crippen LogP contribution in [0.4, 0.5) is 4.79 Å². The Balaban J connectivity index is 2.87. The topological polar surface area (TPSA) is 65.2 Å². The van der Waals surface area contributed by atoms with Crippen LogP contribution >= 0.6 is 34.2 Å². The lowest BCUT2D eigenvalue weighted by Crippen LogP contribution is -2.33. The number of nitrogens with two attached hydrogens (primary N) is 1. The Morgan fingerprint density at radius 2 is 2.31 bits per heavy atom. The molecule has 1 aromatic rings. The molecule has 6 heteroatoms. The molecule has 1 heterocycles. The fourth-order valence-corrected chi connectivity index (χ4v) is 1.97. The molecule has 4 nitrogen and oxygen atoms in total. The smallest absolute Gasteiger partial charge is 0.405 e. The zero-order valence-corrected chi connectivity index (χ0v) is 11.9. The molecule has 0 bridgehead atoms. The summed E-state index contributed by atoms with van der Waals surface area (Å²) in [6.07, 6.45) is 1.30. The fourth-order valence-electron chi connectivity index (χ4n) is 1.30. The summed E-state index contributed by atoms with van der Waals surface area (Å²) in [5.74, 6) is 0. The Morgan fingerprint density at radius 1 is 1.69 bits per heavy atom. The number of hydrogen-bond acceptors (Lipinski definition) is 3. The van der Waals surface area contributed by atoms with Crippen LogP contribution in [0.2, 0.25) is 5.02 Å². The monoisotopic (exact) mass is 354 g/mol. The standard InChI is InChI=1S/C10H12ClIN2O2/c1-10(2,16-9(13)15)5-7-8(12)6(11)3-4-14-7/h3-4H,5H2,1-2H3,(H2,13,15). The number of carbonyl (C=O) groups excluding carboxylic acids is 1. The van der Waals surface area contributed by atoms with E-state index in [1.54, 1.807) is 26.1 Å². The first-order chi connectivity index (χ1) is 7.32. The maximum Gasteiger partial charge on any atom is 0.405 e. The van der Waals surface area contributed by atoms with Crippen LogP contribution in [0.1, 0.15) is 19.5 Å². The molecule has 0 saturated carbocycles. The minimum Gasteiger partial charge on any atom is -0.443 e. The number of halogens is 2. The summed E-state index contributed by atoms with van der Waals surface area (Å²) in [5, 5.41) is 0.639. The van der Waals surface area contributed by atoms with Gasteiger partial charge in [0.1, 0.15) is 5.60 Å². The van der Waals surface area contributed by atoms with Gasteiger partial charge in [-0.1, -0.05) is 11.6 Å². The number of aromatic nitrogens is 1. The summed E-state index contributed by atoms with van der Waals surface area (Å²) in [5.41, 5.74) is 5.09. The molecule has 0 fully saturated rings. The highest BCUT2D eigenvalue weighted by Gasteiger charge is 2.24. The van der Waals surface area contributed by atoms with Crippen LogP contribution in [0.3, 0.4) is 0 Å². The summed E-state index contributed by atoms with van der Waals surface area (Å²) in [6, 6.07) is 1.72. The molecular formula is C10H12ClIN2O2. The summed E-state index contributed by atoms with van der Waals surface area (Å²) in [7, 11) is 0. The molecule has 1 rings (SSSR count). The molecule has 16 heavy (non-hydrogen) atoms. The van der Waals surface area contributed by atoms with Gasteiger partial charge in [-0.05, 0) is 42.5 Å². The highest BCUT2D eigenvalue weighted by Crippen LogP contribution is 2.24. The van der Waals surface area contributed by atoms with Crippen molar-refractivity contribution < 1.29 is 9.53 Å². The van der Waals surface area contributed by atoms with Gasteiger partial charge in [0, 0.05) is 12.6 Å². The third kappa shape index (κ3) is 3.79. The normalized spacial score (nSPS) is 11.2. The van der Waals surface area contributed by atoms with Crippen LogP contribution in [0.5, 0.6) is 0 Å². The molecule has 0 saturated heterocycles. The van der Waals surface area contributed by atoms with E-state index in [4.69, 9.17) is 22.1 Å². The number of primary amides is 1. The second kappa shape index (κ2) is 5.18. The molecule has 0 aliphatic carbocycles.